The van der Waals surface area contributed by atoms with E-state index < -0.39 is 12.0 Å². The van der Waals surface area contributed by atoms with Crippen molar-refractivity contribution in [3.63, 3.8) is 0 Å². The number of hydrogen-bond donors (Lipinski definition) is 1. The number of nitrogens with one attached hydrogen (secondary N) is 1. The van der Waals surface area contributed by atoms with E-state index in [2.05, 4.69) is 15.3 Å². The van der Waals surface area contributed by atoms with Crippen molar-refractivity contribution in [1.29, 1.82) is 0 Å². The molecule has 6 heteroatoms. The van der Waals surface area contributed by atoms with Crippen molar-refractivity contribution in [2.24, 2.45) is 0 Å². The standard InChI is InChI=1S/C13H12F3N3/c1-2-17-11-8-10(9-6-4-3-5-7-9)18-12(19-11)13(14,15)16/h3-8H,2H2,1H3,(H,17,18,19). The first-order chi connectivity index (χ1) is 9.00. The van der Waals surface area contributed by atoms with E-state index in [0.717, 1.165) is 0 Å². The van der Waals surface area contributed by atoms with Crippen LogP contribution in [0.1, 0.15) is 12.7 Å². The van der Waals surface area contributed by atoms with E-state index in [1.165, 1.54) is 6.07 Å². The topological polar surface area (TPSA) is 37.8 Å². The van der Waals surface area contributed by atoms with E-state index >= 15 is 0 Å². The Hall–Kier alpha value is -2.11. The second-order valence-corrected chi connectivity index (χ2v) is 3.86. The third kappa shape index (κ3) is 3.21. The minimum absolute atomic E-state index is 0.170. The highest BCUT2D eigenvalue weighted by molar-refractivity contribution is 5.62. The molecule has 0 bridgehead atoms. The minimum Gasteiger partial charge on any atom is -0.370 e. The van der Waals surface area contributed by atoms with Gasteiger partial charge in [-0.3, -0.25) is 0 Å². The van der Waals surface area contributed by atoms with Gasteiger partial charge in [-0.25, -0.2) is 9.97 Å². The van der Waals surface area contributed by atoms with Crippen LogP contribution in [0.4, 0.5) is 19.0 Å². The molecule has 1 heterocycles. The molecule has 0 saturated heterocycles. The Morgan fingerprint density at radius 1 is 1.11 bits per heavy atom. The van der Waals surface area contributed by atoms with Gasteiger partial charge in [-0.2, -0.15) is 13.2 Å². The Morgan fingerprint density at radius 2 is 1.79 bits per heavy atom. The summed E-state index contributed by atoms with van der Waals surface area (Å²) < 4.78 is 38.3. The number of nitrogens with zero attached hydrogens (tertiary/aromatic N) is 2. The second-order valence-electron chi connectivity index (χ2n) is 3.86. The van der Waals surface area contributed by atoms with E-state index in [9.17, 15) is 13.2 Å². The molecule has 0 saturated carbocycles. The van der Waals surface area contributed by atoms with Crippen LogP contribution in [0, 0.1) is 0 Å². The zero-order chi connectivity index (χ0) is 13.9. The molecule has 0 radical (unpaired) electrons. The van der Waals surface area contributed by atoms with Crippen LogP contribution in [0.25, 0.3) is 11.3 Å². The second kappa shape index (κ2) is 5.26. The van der Waals surface area contributed by atoms with Gasteiger partial charge in [-0.05, 0) is 6.92 Å². The van der Waals surface area contributed by atoms with Gasteiger partial charge in [0.05, 0.1) is 5.69 Å². The number of halogens is 3. The number of benzene rings is 1. The molecule has 0 aliphatic heterocycles. The number of anilines is 1. The molecule has 0 amide bonds. The minimum atomic E-state index is -4.56. The molecule has 19 heavy (non-hydrogen) atoms. The summed E-state index contributed by atoms with van der Waals surface area (Å²) in [6.07, 6.45) is -4.56. The Morgan fingerprint density at radius 3 is 2.37 bits per heavy atom. The summed E-state index contributed by atoms with van der Waals surface area (Å²) in [5, 5.41) is 2.78. The Balaban J connectivity index is 2.52. The van der Waals surface area contributed by atoms with Gasteiger partial charge >= 0.3 is 6.18 Å². The maximum absolute atomic E-state index is 12.8. The summed E-state index contributed by atoms with van der Waals surface area (Å²) >= 11 is 0. The predicted octanol–water partition coefficient (Wildman–Crippen LogP) is 3.59. The van der Waals surface area contributed by atoms with Gasteiger partial charge in [0.25, 0.3) is 0 Å². The van der Waals surface area contributed by atoms with Gasteiger partial charge in [0.2, 0.25) is 5.82 Å². The molecular weight excluding hydrogens is 255 g/mol. The van der Waals surface area contributed by atoms with Crippen molar-refractivity contribution < 1.29 is 13.2 Å². The number of alkyl halides is 3. The zero-order valence-electron chi connectivity index (χ0n) is 10.2. The first-order valence-corrected chi connectivity index (χ1v) is 5.76. The van der Waals surface area contributed by atoms with Crippen molar-refractivity contribution in [3.05, 3.63) is 42.2 Å². The summed E-state index contributed by atoms with van der Waals surface area (Å²) in [6.45, 7) is 2.28. The molecule has 0 atom stereocenters. The van der Waals surface area contributed by atoms with Gasteiger partial charge in [0.1, 0.15) is 5.82 Å². The first kappa shape index (κ1) is 13.3. The average molecular weight is 267 g/mol. The van der Waals surface area contributed by atoms with Crippen LogP contribution in [-0.2, 0) is 6.18 Å². The highest BCUT2D eigenvalue weighted by Crippen LogP contribution is 2.29. The SMILES string of the molecule is CCNc1cc(-c2ccccc2)nc(C(F)(F)F)n1. The molecule has 0 fully saturated rings. The monoisotopic (exact) mass is 267 g/mol. The molecule has 0 unspecified atom stereocenters. The smallest absolute Gasteiger partial charge is 0.370 e. The van der Waals surface area contributed by atoms with Gasteiger partial charge < -0.3 is 5.32 Å². The number of rotatable bonds is 3. The van der Waals surface area contributed by atoms with Crippen molar-refractivity contribution >= 4 is 5.82 Å². The molecule has 1 N–H and O–H groups in total. The summed E-state index contributed by atoms with van der Waals surface area (Å²) in [5.41, 5.74) is 0.869. The van der Waals surface area contributed by atoms with Crippen LogP contribution < -0.4 is 5.32 Å². The summed E-state index contributed by atoms with van der Waals surface area (Å²) in [4.78, 5) is 7.05. The number of hydrogen-bond acceptors (Lipinski definition) is 3. The van der Waals surface area contributed by atoms with Crippen LogP contribution in [-0.4, -0.2) is 16.5 Å². The first-order valence-electron chi connectivity index (χ1n) is 5.76. The molecule has 0 aliphatic rings. The average Bonchev–Trinajstić information content (AvgIpc) is 2.39. The van der Waals surface area contributed by atoms with Crippen LogP contribution in [0.15, 0.2) is 36.4 Å². The fourth-order valence-electron chi connectivity index (χ4n) is 1.60. The van der Waals surface area contributed by atoms with Gasteiger partial charge in [-0.15, -0.1) is 0 Å². The van der Waals surface area contributed by atoms with E-state index in [4.69, 9.17) is 0 Å². The number of aromatic nitrogens is 2. The molecule has 0 aliphatic carbocycles. The van der Waals surface area contributed by atoms with Crippen LogP contribution in [0.5, 0.6) is 0 Å². The van der Waals surface area contributed by atoms with Gasteiger partial charge in [-0.1, -0.05) is 30.3 Å². The largest absolute Gasteiger partial charge is 0.451 e. The highest BCUT2D eigenvalue weighted by Gasteiger charge is 2.35. The lowest BCUT2D eigenvalue weighted by molar-refractivity contribution is -0.144. The molecule has 2 rings (SSSR count). The Kier molecular flexibility index (Phi) is 3.69. The fraction of sp³-hybridized carbons (Fsp3) is 0.231. The third-order valence-corrected chi connectivity index (χ3v) is 2.41. The van der Waals surface area contributed by atoms with Gasteiger partial charge in [0.15, 0.2) is 0 Å². The Labute approximate surface area is 108 Å². The molecule has 2 aromatic rings. The highest BCUT2D eigenvalue weighted by atomic mass is 19.4. The summed E-state index contributed by atoms with van der Waals surface area (Å²) in [5.74, 6) is -0.964. The van der Waals surface area contributed by atoms with E-state index in [-0.39, 0.29) is 11.5 Å². The molecule has 0 spiro atoms. The summed E-state index contributed by atoms with van der Waals surface area (Å²) in [6, 6.07) is 10.2. The zero-order valence-corrected chi connectivity index (χ0v) is 10.2. The van der Waals surface area contributed by atoms with Crippen molar-refractivity contribution in [3.8, 4) is 11.3 Å². The van der Waals surface area contributed by atoms with Crippen molar-refractivity contribution in [2.45, 2.75) is 13.1 Å². The lowest BCUT2D eigenvalue weighted by Gasteiger charge is -2.10. The molecule has 1 aromatic carbocycles. The maximum Gasteiger partial charge on any atom is 0.451 e. The summed E-state index contributed by atoms with van der Waals surface area (Å²) in [7, 11) is 0. The van der Waals surface area contributed by atoms with Crippen molar-refractivity contribution in [2.75, 3.05) is 11.9 Å². The van der Waals surface area contributed by atoms with Crippen LogP contribution in [0.2, 0.25) is 0 Å². The molecular formula is C13H12F3N3. The van der Waals surface area contributed by atoms with E-state index in [1.807, 2.05) is 0 Å². The molecule has 3 nitrogen and oxygen atoms in total. The molecule has 100 valence electrons. The lowest BCUT2D eigenvalue weighted by Crippen LogP contribution is -2.13. The van der Waals surface area contributed by atoms with Crippen LogP contribution in [0.3, 0.4) is 0 Å². The van der Waals surface area contributed by atoms with Crippen LogP contribution >= 0.6 is 0 Å². The maximum atomic E-state index is 12.8. The Bertz CT molecular complexity index is 553. The van der Waals surface area contributed by atoms with E-state index in [0.29, 0.717) is 12.1 Å². The quantitative estimate of drug-likeness (QED) is 0.923. The predicted molar refractivity (Wildman–Crippen MR) is 66.6 cm³/mol. The lowest BCUT2D eigenvalue weighted by atomic mass is 10.1. The third-order valence-electron chi connectivity index (χ3n) is 2.41. The fourth-order valence-corrected chi connectivity index (χ4v) is 1.60. The van der Waals surface area contributed by atoms with E-state index in [1.54, 1.807) is 37.3 Å². The van der Waals surface area contributed by atoms with Gasteiger partial charge in [0, 0.05) is 18.2 Å². The normalized spacial score (nSPS) is 11.4. The van der Waals surface area contributed by atoms with Crippen molar-refractivity contribution in [1.82, 2.24) is 9.97 Å². The molecule has 1 aromatic heterocycles.